The summed E-state index contributed by atoms with van der Waals surface area (Å²) < 4.78 is 3.09. The summed E-state index contributed by atoms with van der Waals surface area (Å²) in [4.78, 5) is 12.0. The molecular weight excluding hydrogens is 268 g/mol. The van der Waals surface area contributed by atoms with Crippen LogP contribution < -0.4 is 10.9 Å². The van der Waals surface area contributed by atoms with Crippen molar-refractivity contribution in [2.24, 2.45) is 5.92 Å². The predicted molar refractivity (Wildman–Crippen MR) is 66.9 cm³/mol. The molecule has 1 N–H and O–H groups in total. The predicted octanol–water partition coefficient (Wildman–Crippen LogP) is 1.63. The van der Waals surface area contributed by atoms with Gasteiger partial charge in [0.25, 0.3) is 5.56 Å². The molecule has 0 aromatic carbocycles. The molecule has 3 nitrogen and oxygen atoms in total. The summed E-state index contributed by atoms with van der Waals surface area (Å²) in [5, 5.41) is 3.46. The Labute approximate surface area is 103 Å². The highest BCUT2D eigenvalue weighted by Gasteiger charge is 2.32. The summed E-state index contributed by atoms with van der Waals surface area (Å²) >= 11 is 3.64. The molecule has 16 heavy (non-hydrogen) atoms. The Morgan fingerprint density at radius 1 is 1.50 bits per heavy atom. The van der Waals surface area contributed by atoms with Crippen LogP contribution in [0.25, 0.3) is 0 Å². The maximum absolute atomic E-state index is 12.0. The quantitative estimate of drug-likeness (QED) is 0.785. The molecule has 3 rings (SSSR count). The van der Waals surface area contributed by atoms with Crippen molar-refractivity contribution in [1.82, 2.24) is 9.88 Å². The second-order valence-corrected chi connectivity index (χ2v) is 5.73. The van der Waals surface area contributed by atoms with Crippen LogP contribution in [0.3, 0.4) is 0 Å². The molecule has 2 atom stereocenters. The second-order valence-electron chi connectivity index (χ2n) is 4.93. The molecule has 2 unspecified atom stereocenters. The van der Waals surface area contributed by atoms with Crippen molar-refractivity contribution >= 4 is 15.9 Å². The van der Waals surface area contributed by atoms with Gasteiger partial charge in [-0.1, -0.05) is 0 Å². The number of aromatic nitrogens is 1. The van der Waals surface area contributed by atoms with E-state index in [2.05, 4.69) is 21.2 Å². The van der Waals surface area contributed by atoms with E-state index in [-0.39, 0.29) is 5.56 Å². The van der Waals surface area contributed by atoms with Crippen LogP contribution in [0.2, 0.25) is 0 Å². The molecule has 0 radical (unpaired) electrons. The zero-order chi connectivity index (χ0) is 11.3. The lowest BCUT2D eigenvalue weighted by atomic mass is 9.84. The number of aryl methyl sites for hydroxylation is 1. The average Bonchev–Trinajstić information content (AvgIpc) is 2.26. The molecule has 2 bridgehead atoms. The first-order valence-corrected chi connectivity index (χ1v) is 6.56. The van der Waals surface area contributed by atoms with E-state index < -0.39 is 0 Å². The molecule has 4 heteroatoms. The van der Waals surface area contributed by atoms with Gasteiger partial charge < -0.3 is 9.88 Å². The van der Waals surface area contributed by atoms with Gasteiger partial charge in [-0.3, -0.25) is 4.79 Å². The lowest BCUT2D eigenvalue weighted by molar-refractivity contribution is 0.256. The lowest BCUT2D eigenvalue weighted by Gasteiger charge is -2.38. The molecule has 0 spiro atoms. The van der Waals surface area contributed by atoms with Gasteiger partial charge in [0, 0.05) is 35.2 Å². The number of pyridine rings is 1. The molecule has 2 aliphatic rings. The number of nitrogens with zero attached hydrogens (tertiary/aromatic N) is 1. The van der Waals surface area contributed by atoms with E-state index in [1.54, 1.807) is 6.07 Å². The van der Waals surface area contributed by atoms with Crippen LogP contribution in [0.1, 0.15) is 23.6 Å². The SMILES string of the molecule is Cc1cc(=O)n2c(c1Br)C1CNCC(C1)C2. The van der Waals surface area contributed by atoms with Crippen LogP contribution >= 0.6 is 15.9 Å². The zero-order valence-electron chi connectivity index (χ0n) is 9.29. The Kier molecular flexibility index (Phi) is 2.44. The molecule has 3 heterocycles. The fourth-order valence-electron chi connectivity index (χ4n) is 2.99. The van der Waals surface area contributed by atoms with Gasteiger partial charge in [-0.2, -0.15) is 0 Å². The van der Waals surface area contributed by atoms with E-state index in [0.29, 0.717) is 11.8 Å². The van der Waals surface area contributed by atoms with Crippen molar-refractivity contribution in [3.05, 3.63) is 32.2 Å². The number of hydrogen-bond acceptors (Lipinski definition) is 2. The van der Waals surface area contributed by atoms with E-state index >= 15 is 0 Å². The standard InChI is InChI=1S/C12H15BrN2O/c1-7-2-10(16)15-6-8-3-9(5-14-4-8)12(15)11(7)13/h2,8-9,14H,3-6H2,1H3. The molecule has 0 saturated carbocycles. The minimum Gasteiger partial charge on any atom is -0.316 e. The Morgan fingerprint density at radius 2 is 2.31 bits per heavy atom. The summed E-state index contributed by atoms with van der Waals surface area (Å²) in [6, 6.07) is 1.74. The number of nitrogens with one attached hydrogen (secondary N) is 1. The van der Waals surface area contributed by atoms with E-state index in [1.165, 1.54) is 12.1 Å². The highest BCUT2D eigenvalue weighted by atomic mass is 79.9. The van der Waals surface area contributed by atoms with Gasteiger partial charge in [0.2, 0.25) is 0 Å². The fourth-order valence-corrected chi connectivity index (χ4v) is 3.64. The minimum atomic E-state index is 0.160. The van der Waals surface area contributed by atoms with Crippen molar-refractivity contribution in [2.75, 3.05) is 13.1 Å². The summed E-state index contributed by atoms with van der Waals surface area (Å²) in [5.74, 6) is 1.12. The first-order valence-electron chi connectivity index (χ1n) is 5.77. The molecule has 1 aromatic heterocycles. The maximum atomic E-state index is 12.0. The van der Waals surface area contributed by atoms with E-state index in [9.17, 15) is 4.79 Å². The van der Waals surface area contributed by atoms with Gasteiger partial charge in [-0.05, 0) is 47.3 Å². The van der Waals surface area contributed by atoms with Gasteiger partial charge in [-0.25, -0.2) is 0 Å². The Balaban J connectivity index is 2.23. The minimum absolute atomic E-state index is 0.160. The average molecular weight is 283 g/mol. The number of piperidine rings is 1. The van der Waals surface area contributed by atoms with Crippen LogP contribution in [0.15, 0.2) is 15.3 Å². The van der Waals surface area contributed by atoms with Crippen LogP contribution in [0.5, 0.6) is 0 Å². The molecule has 1 aromatic rings. The molecular formula is C12H15BrN2O. The van der Waals surface area contributed by atoms with E-state index in [4.69, 9.17) is 0 Å². The molecule has 0 aliphatic carbocycles. The van der Waals surface area contributed by atoms with Gasteiger partial charge in [0.15, 0.2) is 0 Å². The van der Waals surface area contributed by atoms with Crippen LogP contribution in [0.4, 0.5) is 0 Å². The molecule has 1 saturated heterocycles. The molecule has 86 valence electrons. The van der Waals surface area contributed by atoms with Gasteiger partial charge in [0.1, 0.15) is 0 Å². The Bertz CT molecular complexity index is 495. The molecule has 1 fully saturated rings. The van der Waals surface area contributed by atoms with Crippen molar-refractivity contribution in [3.8, 4) is 0 Å². The first-order chi connectivity index (χ1) is 7.66. The van der Waals surface area contributed by atoms with Crippen molar-refractivity contribution in [1.29, 1.82) is 0 Å². The number of hydrogen-bond donors (Lipinski definition) is 1. The third kappa shape index (κ3) is 1.47. The zero-order valence-corrected chi connectivity index (χ0v) is 10.9. The summed E-state index contributed by atoms with van der Waals surface area (Å²) in [6.07, 6.45) is 1.22. The van der Waals surface area contributed by atoms with Crippen LogP contribution in [-0.4, -0.2) is 17.7 Å². The van der Waals surface area contributed by atoms with Crippen LogP contribution in [0, 0.1) is 12.8 Å². The maximum Gasteiger partial charge on any atom is 0.251 e. The smallest absolute Gasteiger partial charge is 0.251 e. The largest absolute Gasteiger partial charge is 0.316 e. The van der Waals surface area contributed by atoms with E-state index in [1.807, 2.05) is 11.5 Å². The number of fused-ring (bicyclic) bond motifs is 4. The van der Waals surface area contributed by atoms with Crippen molar-refractivity contribution in [2.45, 2.75) is 25.8 Å². The molecule has 0 amide bonds. The highest BCUT2D eigenvalue weighted by molar-refractivity contribution is 9.10. The Hall–Kier alpha value is -0.610. The highest BCUT2D eigenvalue weighted by Crippen LogP contribution is 2.36. The third-order valence-corrected chi connectivity index (χ3v) is 4.77. The van der Waals surface area contributed by atoms with Gasteiger partial charge in [-0.15, -0.1) is 0 Å². The summed E-state index contributed by atoms with van der Waals surface area (Å²) in [6.45, 7) is 4.91. The summed E-state index contributed by atoms with van der Waals surface area (Å²) in [7, 11) is 0. The number of rotatable bonds is 0. The van der Waals surface area contributed by atoms with Gasteiger partial charge in [0.05, 0.1) is 0 Å². The normalized spacial score (nSPS) is 27.6. The lowest BCUT2D eigenvalue weighted by Crippen LogP contribution is -2.45. The topological polar surface area (TPSA) is 34.0 Å². The Morgan fingerprint density at radius 3 is 3.12 bits per heavy atom. The van der Waals surface area contributed by atoms with Crippen molar-refractivity contribution < 1.29 is 0 Å². The third-order valence-electron chi connectivity index (χ3n) is 3.74. The van der Waals surface area contributed by atoms with Crippen molar-refractivity contribution in [3.63, 3.8) is 0 Å². The van der Waals surface area contributed by atoms with Crippen LogP contribution in [-0.2, 0) is 6.54 Å². The second kappa shape index (κ2) is 3.70. The van der Waals surface area contributed by atoms with E-state index in [0.717, 1.165) is 29.7 Å². The monoisotopic (exact) mass is 282 g/mol. The van der Waals surface area contributed by atoms with Gasteiger partial charge >= 0.3 is 0 Å². The fraction of sp³-hybridized carbons (Fsp3) is 0.583. The number of halogens is 1. The summed E-state index contributed by atoms with van der Waals surface area (Å²) in [5.41, 5.74) is 2.42. The molecule has 2 aliphatic heterocycles. The first kappa shape index (κ1) is 10.5.